The number of carbonyl (C=O) groups excluding carboxylic acids is 1. The van der Waals surface area contributed by atoms with Crippen LogP contribution < -0.4 is 0 Å². The molecule has 0 saturated carbocycles. The predicted octanol–water partition coefficient (Wildman–Crippen LogP) is 1.74. The summed E-state index contributed by atoms with van der Waals surface area (Å²) < 4.78 is 0. The van der Waals surface area contributed by atoms with E-state index in [-0.39, 0.29) is 12.2 Å². The van der Waals surface area contributed by atoms with Gasteiger partial charge in [-0.2, -0.15) is 0 Å². The Morgan fingerprint density at radius 1 is 1.00 bits per heavy atom. The van der Waals surface area contributed by atoms with Gasteiger partial charge in [0, 0.05) is 0 Å². The van der Waals surface area contributed by atoms with E-state index in [1.807, 2.05) is 36.4 Å². The standard InChI is InChI=1S/C6H6.C4H6O3/c1-2-4-6-5-3-1;1-3(5)2-4(6)7/h1-6H;2H2,1H3,(H,6,7). The fourth-order valence-corrected chi connectivity index (χ4v) is 0.598. The van der Waals surface area contributed by atoms with Crippen LogP contribution in [0.4, 0.5) is 0 Å². The maximum atomic E-state index is 9.87. The minimum Gasteiger partial charge on any atom is -0.481 e. The lowest BCUT2D eigenvalue weighted by Gasteiger charge is -1.80. The molecule has 1 N–H and O–H groups in total. The normalized spacial score (nSPS) is 8.08. The van der Waals surface area contributed by atoms with Crippen molar-refractivity contribution in [3.05, 3.63) is 36.4 Å². The predicted molar refractivity (Wildman–Crippen MR) is 49.4 cm³/mol. The van der Waals surface area contributed by atoms with E-state index in [0.717, 1.165) is 0 Å². The number of benzene rings is 1. The number of ketones is 1. The second-order valence-corrected chi connectivity index (χ2v) is 2.43. The van der Waals surface area contributed by atoms with Crippen molar-refractivity contribution in [2.24, 2.45) is 0 Å². The van der Waals surface area contributed by atoms with E-state index in [2.05, 4.69) is 0 Å². The summed E-state index contributed by atoms with van der Waals surface area (Å²) in [5.74, 6) is -1.37. The fraction of sp³-hybridized carbons (Fsp3) is 0.200. The maximum Gasteiger partial charge on any atom is 0.310 e. The van der Waals surface area contributed by atoms with Gasteiger partial charge in [-0.25, -0.2) is 0 Å². The van der Waals surface area contributed by atoms with Crippen LogP contribution in [0.3, 0.4) is 0 Å². The van der Waals surface area contributed by atoms with Crippen molar-refractivity contribution in [1.82, 2.24) is 0 Å². The Bertz CT molecular complexity index is 215. The molecule has 0 aliphatic heterocycles. The molecular weight excluding hydrogens is 168 g/mol. The molecule has 0 aliphatic carbocycles. The third kappa shape index (κ3) is 10.4. The highest BCUT2D eigenvalue weighted by Gasteiger charge is 1.98. The molecule has 1 rings (SSSR count). The van der Waals surface area contributed by atoms with Crippen LogP contribution in [0.2, 0.25) is 0 Å². The van der Waals surface area contributed by atoms with Crippen molar-refractivity contribution in [2.75, 3.05) is 0 Å². The van der Waals surface area contributed by atoms with E-state index < -0.39 is 5.97 Å². The van der Waals surface area contributed by atoms with Gasteiger partial charge in [0.2, 0.25) is 0 Å². The van der Waals surface area contributed by atoms with Crippen molar-refractivity contribution in [1.29, 1.82) is 0 Å². The molecule has 0 radical (unpaired) electrons. The van der Waals surface area contributed by atoms with Crippen molar-refractivity contribution in [3.8, 4) is 0 Å². The number of rotatable bonds is 2. The highest BCUT2D eigenvalue weighted by Crippen LogP contribution is 1.80. The highest BCUT2D eigenvalue weighted by atomic mass is 16.4. The van der Waals surface area contributed by atoms with Gasteiger partial charge in [-0.1, -0.05) is 36.4 Å². The average molecular weight is 180 g/mol. The van der Waals surface area contributed by atoms with Gasteiger partial charge in [0.05, 0.1) is 0 Å². The number of Topliss-reactive ketones (excluding diaryl/α,β-unsaturated/α-hetero) is 1. The minimum absolute atomic E-state index is 0.312. The third-order valence-electron chi connectivity index (χ3n) is 1.07. The Morgan fingerprint density at radius 2 is 1.31 bits per heavy atom. The molecule has 0 saturated heterocycles. The number of carboxylic acid groups (broad SMARTS) is 1. The lowest BCUT2D eigenvalue weighted by Crippen LogP contribution is -2.00. The quantitative estimate of drug-likeness (QED) is 0.705. The zero-order chi connectivity index (χ0) is 10.1. The molecule has 70 valence electrons. The molecule has 0 fully saturated rings. The molecule has 1 aromatic rings. The molecule has 0 spiro atoms. The minimum atomic E-state index is -1.06. The van der Waals surface area contributed by atoms with Crippen LogP contribution in [0, 0.1) is 0 Å². The summed E-state index contributed by atoms with van der Waals surface area (Å²) in [5, 5.41) is 7.86. The van der Waals surface area contributed by atoms with Crippen molar-refractivity contribution < 1.29 is 14.7 Å². The van der Waals surface area contributed by atoms with Gasteiger partial charge >= 0.3 is 5.97 Å². The molecule has 0 aromatic heterocycles. The Labute approximate surface area is 77.0 Å². The van der Waals surface area contributed by atoms with Crippen LogP contribution in [0.1, 0.15) is 13.3 Å². The fourth-order valence-electron chi connectivity index (χ4n) is 0.598. The number of carbonyl (C=O) groups is 2. The molecule has 3 nitrogen and oxygen atoms in total. The Kier molecular flexibility index (Phi) is 6.15. The summed E-state index contributed by atoms with van der Waals surface area (Å²) in [4.78, 5) is 19.5. The summed E-state index contributed by atoms with van der Waals surface area (Å²) in [5.41, 5.74) is 0. The first kappa shape index (κ1) is 11.4. The molecule has 13 heavy (non-hydrogen) atoms. The summed E-state index contributed by atoms with van der Waals surface area (Å²) in [6.07, 6.45) is -0.361. The highest BCUT2D eigenvalue weighted by molar-refractivity contribution is 5.93. The van der Waals surface area contributed by atoms with E-state index in [9.17, 15) is 9.59 Å². The molecule has 0 unspecified atom stereocenters. The Hall–Kier alpha value is -1.64. The van der Waals surface area contributed by atoms with Crippen LogP contribution in [0.25, 0.3) is 0 Å². The SMILES string of the molecule is CC(=O)CC(=O)O.c1ccccc1. The lowest BCUT2D eigenvalue weighted by molar-refractivity contribution is -0.139. The third-order valence-corrected chi connectivity index (χ3v) is 1.07. The van der Waals surface area contributed by atoms with Gasteiger partial charge < -0.3 is 5.11 Å². The summed E-state index contributed by atoms with van der Waals surface area (Å²) in [7, 11) is 0. The van der Waals surface area contributed by atoms with Crippen LogP contribution in [0.15, 0.2) is 36.4 Å². The Morgan fingerprint density at radius 3 is 1.38 bits per heavy atom. The number of aliphatic carboxylic acids is 1. The van der Waals surface area contributed by atoms with E-state index >= 15 is 0 Å². The lowest BCUT2D eigenvalue weighted by atomic mass is 10.3. The molecule has 0 bridgehead atoms. The first-order valence-electron chi connectivity index (χ1n) is 3.84. The van der Waals surface area contributed by atoms with Crippen LogP contribution >= 0.6 is 0 Å². The number of hydrogen-bond acceptors (Lipinski definition) is 2. The first-order chi connectivity index (χ1) is 6.13. The van der Waals surface area contributed by atoms with E-state index in [0.29, 0.717) is 0 Å². The second-order valence-electron chi connectivity index (χ2n) is 2.43. The molecule has 3 heteroatoms. The molecule has 0 aliphatic rings. The zero-order valence-corrected chi connectivity index (χ0v) is 7.43. The van der Waals surface area contributed by atoms with Crippen molar-refractivity contribution in [2.45, 2.75) is 13.3 Å². The number of hydrogen-bond donors (Lipinski definition) is 1. The largest absolute Gasteiger partial charge is 0.481 e. The van der Waals surface area contributed by atoms with Gasteiger partial charge in [-0.3, -0.25) is 9.59 Å². The first-order valence-corrected chi connectivity index (χ1v) is 3.84. The maximum absolute atomic E-state index is 9.87. The topological polar surface area (TPSA) is 54.4 Å². The van der Waals surface area contributed by atoms with E-state index in [4.69, 9.17) is 5.11 Å². The van der Waals surface area contributed by atoms with Crippen molar-refractivity contribution >= 4 is 11.8 Å². The molecule has 0 amide bonds. The van der Waals surface area contributed by atoms with E-state index in [1.54, 1.807) is 0 Å². The second kappa shape index (κ2) is 7.03. The molecule has 0 heterocycles. The van der Waals surface area contributed by atoms with Gasteiger partial charge in [0.15, 0.2) is 0 Å². The van der Waals surface area contributed by atoms with Gasteiger partial charge in [0.25, 0.3) is 0 Å². The number of carboxylic acids is 1. The smallest absolute Gasteiger partial charge is 0.310 e. The average Bonchev–Trinajstić information content (AvgIpc) is 2.06. The van der Waals surface area contributed by atoms with Crippen molar-refractivity contribution in [3.63, 3.8) is 0 Å². The zero-order valence-electron chi connectivity index (χ0n) is 7.43. The van der Waals surface area contributed by atoms with Crippen LogP contribution in [0.5, 0.6) is 0 Å². The molecule has 0 atom stereocenters. The van der Waals surface area contributed by atoms with E-state index in [1.165, 1.54) is 6.92 Å². The monoisotopic (exact) mass is 180 g/mol. The Balaban J connectivity index is 0.000000223. The van der Waals surface area contributed by atoms with Crippen LogP contribution in [-0.2, 0) is 9.59 Å². The molecule has 1 aromatic carbocycles. The van der Waals surface area contributed by atoms with Gasteiger partial charge in [0.1, 0.15) is 12.2 Å². The molecular formula is C10H12O3. The summed E-state index contributed by atoms with van der Waals surface area (Å²) in [6, 6.07) is 12.0. The van der Waals surface area contributed by atoms with Crippen LogP contribution in [-0.4, -0.2) is 16.9 Å². The summed E-state index contributed by atoms with van der Waals surface area (Å²) in [6.45, 7) is 1.24. The summed E-state index contributed by atoms with van der Waals surface area (Å²) >= 11 is 0. The van der Waals surface area contributed by atoms with Gasteiger partial charge in [-0.05, 0) is 6.92 Å². The van der Waals surface area contributed by atoms with Gasteiger partial charge in [-0.15, -0.1) is 0 Å².